The lowest BCUT2D eigenvalue weighted by Crippen LogP contribution is -2.50. The molecular formula is C23H29Cl2N5. The van der Waals surface area contributed by atoms with Gasteiger partial charge in [-0.2, -0.15) is 0 Å². The van der Waals surface area contributed by atoms with Gasteiger partial charge in [0.2, 0.25) is 0 Å². The SMILES string of the molecule is Clc1ccc(-c2ccc(N3CCN(CC4CCCN(C5CC5)C4)CC3)nn2)cc1Cl. The summed E-state index contributed by atoms with van der Waals surface area (Å²) in [4.78, 5) is 7.74. The van der Waals surface area contributed by atoms with Crippen LogP contribution in [0.2, 0.25) is 10.0 Å². The molecule has 2 aromatic rings. The quantitative estimate of drug-likeness (QED) is 0.679. The summed E-state index contributed by atoms with van der Waals surface area (Å²) in [5.41, 5.74) is 1.74. The van der Waals surface area contributed by atoms with Crippen molar-refractivity contribution in [2.24, 2.45) is 5.92 Å². The first-order chi connectivity index (χ1) is 14.7. The van der Waals surface area contributed by atoms with Gasteiger partial charge in [-0.3, -0.25) is 4.90 Å². The molecule has 1 aromatic carbocycles. The zero-order valence-corrected chi connectivity index (χ0v) is 18.8. The predicted molar refractivity (Wildman–Crippen MR) is 123 cm³/mol. The Labute approximate surface area is 189 Å². The van der Waals surface area contributed by atoms with Gasteiger partial charge in [0.25, 0.3) is 0 Å². The van der Waals surface area contributed by atoms with Gasteiger partial charge in [0, 0.05) is 50.9 Å². The van der Waals surface area contributed by atoms with Crippen LogP contribution in [0.1, 0.15) is 25.7 Å². The molecule has 1 saturated carbocycles. The van der Waals surface area contributed by atoms with Crippen LogP contribution in [0.4, 0.5) is 5.82 Å². The lowest BCUT2D eigenvalue weighted by atomic mass is 9.97. The average Bonchev–Trinajstić information content (AvgIpc) is 3.62. The Bertz CT molecular complexity index is 862. The zero-order valence-electron chi connectivity index (χ0n) is 17.3. The van der Waals surface area contributed by atoms with E-state index < -0.39 is 0 Å². The van der Waals surface area contributed by atoms with Crippen LogP contribution in [0.25, 0.3) is 11.3 Å². The minimum atomic E-state index is 0.536. The molecule has 3 aliphatic rings. The number of piperazine rings is 1. The summed E-state index contributed by atoms with van der Waals surface area (Å²) < 4.78 is 0. The van der Waals surface area contributed by atoms with Crippen LogP contribution < -0.4 is 4.90 Å². The van der Waals surface area contributed by atoms with Gasteiger partial charge >= 0.3 is 0 Å². The fourth-order valence-corrected chi connectivity index (χ4v) is 5.14. The van der Waals surface area contributed by atoms with E-state index in [9.17, 15) is 0 Å². The summed E-state index contributed by atoms with van der Waals surface area (Å²) in [7, 11) is 0. The third kappa shape index (κ3) is 4.75. The van der Waals surface area contributed by atoms with Crippen LogP contribution in [0.15, 0.2) is 30.3 Å². The van der Waals surface area contributed by atoms with E-state index in [1.807, 2.05) is 18.2 Å². The highest BCUT2D eigenvalue weighted by atomic mass is 35.5. The molecule has 0 spiro atoms. The maximum absolute atomic E-state index is 6.13. The van der Waals surface area contributed by atoms with E-state index in [1.54, 1.807) is 6.07 Å². The number of benzene rings is 1. The molecule has 7 heteroatoms. The molecule has 160 valence electrons. The number of aromatic nitrogens is 2. The maximum atomic E-state index is 6.13. The Morgan fingerprint density at radius 1 is 0.867 bits per heavy atom. The zero-order chi connectivity index (χ0) is 20.5. The summed E-state index contributed by atoms with van der Waals surface area (Å²) >= 11 is 12.1. The van der Waals surface area contributed by atoms with Crippen molar-refractivity contribution < 1.29 is 0 Å². The van der Waals surface area contributed by atoms with E-state index >= 15 is 0 Å². The van der Waals surface area contributed by atoms with Crippen LogP contribution >= 0.6 is 23.2 Å². The molecule has 1 unspecified atom stereocenters. The van der Waals surface area contributed by atoms with Gasteiger partial charge in [0.15, 0.2) is 5.82 Å². The van der Waals surface area contributed by atoms with E-state index in [0.717, 1.165) is 55.2 Å². The van der Waals surface area contributed by atoms with Gasteiger partial charge < -0.3 is 9.80 Å². The van der Waals surface area contributed by atoms with Gasteiger partial charge in [0.1, 0.15) is 0 Å². The molecular weight excluding hydrogens is 417 g/mol. The molecule has 5 nitrogen and oxygen atoms in total. The van der Waals surface area contributed by atoms with Crippen molar-refractivity contribution in [3.63, 3.8) is 0 Å². The van der Waals surface area contributed by atoms with Crippen molar-refractivity contribution in [2.75, 3.05) is 50.7 Å². The molecule has 2 saturated heterocycles. The Hall–Kier alpha value is -1.40. The highest BCUT2D eigenvalue weighted by molar-refractivity contribution is 6.42. The summed E-state index contributed by atoms with van der Waals surface area (Å²) in [6, 6.07) is 10.5. The van der Waals surface area contributed by atoms with Crippen LogP contribution in [0.3, 0.4) is 0 Å². The van der Waals surface area contributed by atoms with Crippen LogP contribution in [0.5, 0.6) is 0 Å². The third-order valence-corrected chi connectivity index (χ3v) is 7.43. The topological polar surface area (TPSA) is 35.5 Å². The van der Waals surface area contributed by atoms with Crippen molar-refractivity contribution in [3.05, 3.63) is 40.4 Å². The highest BCUT2D eigenvalue weighted by Crippen LogP contribution is 2.31. The Morgan fingerprint density at radius 2 is 1.70 bits per heavy atom. The lowest BCUT2D eigenvalue weighted by Gasteiger charge is -2.39. The van der Waals surface area contributed by atoms with Crippen molar-refractivity contribution in [2.45, 2.75) is 31.7 Å². The molecule has 0 N–H and O–H groups in total. The fraction of sp³-hybridized carbons (Fsp3) is 0.565. The molecule has 0 amide bonds. The summed E-state index contributed by atoms with van der Waals surface area (Å²) in [6.45, 7) is 8.13. The van der Waals surface area contributed by atoms with Crippen LogP contribution in [0, 0.1) is 5.92 Å². The lowest BCUT2D eigenvalue weighted by molar-refractivity contribution is 0.124. The molecule has 0 bridgehead atoms. The first-order valence-electron chi connectivity index (χ1n) is 11.2. The third-order valence-electron chi connectivity index (χ3n) is 6.69. The van der Waals surface area contributed by atoms with Crippen LogP contribution in [-0.2, 0) is 0 Å². The standard InChI is InChI=1S/C23H29Cl2N5/c24-20-6-3-18(14-21(20)25)22-7-8-23(27-26-22)29-12-10-28(11-13-29)15-17-2-1-9-30(16-17)19-4-5-19/h3,6-8,14,17,19H,1-2,4-5,9-13,15-16H2. The predicted octanol–water partition coefficient (Wildman–Crippen LogP) is 4.45. The molecule has 1 aliphatic carbocycles. The molecule has 30 heavy (non-hydrogen) atoms. The summed E-state index contributed by atoms with van der Waals surface area (Å²) in [5, 5.41) is 10.00. The molecule has 5 rings (SSSR count). The number of hydrogen-bond donors (Lipinski definition) is 0. The number of rotatable bonds is 5. The van der Waals surface area contributed by atoms with E-state index in [4.69, 9.17) is 23.2 Å². The first-order valence-corrected chi connectivity index (χ1v) is 11.9. The largest absolute Gasteiger partial charge is 0.353 e. The first kappa shape index (κ1) is 20.5. The van der Waals surface area contributed by atoms with Crippen molar-refractivity contribution in [1.82, 2.24) is 20.0 Å². The van der Waals surface area contributed by atoms with Gasteiger partial charge in [-0.15, -0.1) is 10.2 Å². The van der Waals surface area contributed by atoms with Crippen molar-refractivity contribution in [3.8, 4) is 11.3 Å². The number of likely N-dealkylation sites (tertiary alicyclic amines) is 1. The summed E-state index contributed by atoms with van der Waals surface area (Å²) in [6.07, 6.45) is 5.62. The number of halogens is 2. The van der Waals surface area contributed by atoms with E-state index in [-0.39, 0.29) is 0 Å². The van der Waals surface area contributed by atoms with Gasteiger partial charge in [-0.25, -0.2) is 0 Å². The number of hydrogen-bond acceptors (Lipinski definition) is 5. The number of piperidine rings is 1. The molecule has 3 fully saturated rings. The fourth-order valence-electron chi connectivity index (χ4n) is 4.85. The van der Waals surface area contributed by atoms with E-state index in [1.165, 1.54) is 45.3 Å². The van der Waals surface area contributed by atoms with Crippen molar-refractivity contribution in [1.29, 1.82) is 0 Å². The summed E-state index contributed by atoms with van der Waals surface area (Å²) in [5.74, 6) is 1.80. The van der Waals surface area contributed by atoms with Gasteiger partial charge in [-0.1, -0.05) is 29.3 Å². The Kier molecular flexibility index (Phi) is 6.15. The maximum Gasteiger partial charge on any atom is 0.151 e. The molecule has 3 heterocycles. The highest BCUT2D eigenvalue weighted by Gasteiger charge is 2.33. The van der Waals surface area contributed by atoms with Crippen LogP contribution in [-0.4, -0.2) is 71.9 Å². The Morgan fingerprint density at radius 3 is 2.40 bits per heavy atom. The monoisotopic (exact) mass is 445 g/mol. The second-order valence-electron chi connectivity index (χ2n) is 8.93. The minimum Gasteiger partial charge on any atom is -0.353 e. The number of anilines is 1. The second-order valence-corrected chi connectivity index (χ2v) is 9.74. The van der Waals surface area contributed by atoms with Gasteiger partial charge in [0.05, 0.1) is 15.7 Å². The molecule has 2 aliphatic heterocycles. The average molecular weight is 446 g/mol. The smallest absolute Gasteiger partial charge is 0.151 e. The van der Waals surface area contributed by atoms with E-state index in [0.29, 0.717) is 10.0 Å². The Balaban J connectivity index is 1.14. The normalized spacial score (nSPS) is 23.7. The molecule has 1 aromatic heterocycles. The minimum absolute atomic E-state index is 0.536. The molecule has 0 radical (unpaired) electrons. The van der Waals surface area contributed by atoms with E-state index in [2.05, 4.69) is 31.0 Å². The van der Waals surface area contributed by atoms with Gasteiger partial charge in [-0.05, 0) is 62.4 Å². The number of nitrogens with zero attached hydrogens (tertiary/aromatic N) is 5. The molecule has 1 atom stereocenters. The second kappa shape index (κ2) is 8.99. The van der Waals surface area contributed by atoms with Crippen molar-refractivity contribution >= 4 is 29.0 Å².